The van der Waals surface area contributed by atoms with Gasteiger partial charge < -0.3 is 14.8 Å². The summed E-state index contributed by atoms with van der Waals surface area (Å²) in [5.41, 5.74) is 0.584. The lowest BCUT2D eigenvalue weighted by molar-refractivity contribution is -0.115. The number of thiophene rings is 1. The fourth-order valence-electron chi connectivity index (χ4n) is 2.21. The molecule has 0 aliphatic rings. The zero-order valence-electron chi connectivity index (χ0n) is 16.0. The molecule has 0 saturated heterocycles. The Hall–Kier alpha value is -2.46. The summed E-state index contributed by atoms with van der Waals surface area (Å²) in [6.45, 7) is 7.09. The van der Waals surface area contributed by atoms with E-state index in [-0.39, 0.29) is 34.6 Å². The minimum Gasteiger partial charge on any atom is -0.462 e. The molecule has 0 radical (unpaired) electrons. The first kappa shape index (κ1) is 21.8. The van der Waals surface area contributed by atoms with E-state index in [1.807, 2.05) is 0 Å². The van der Waals surface area contributed by atoms with Gasteiger partial charge in [-0.15, -0.1) is 11.3 Å². The third-order valence-corrected chi connectivity index (χ3v) is 5.69. The molecule has 2 rings (SSSR count). The number of nitrogens with zero attached hydrogens (tertiary/aromatic N) is 2. The Labute approximate surface area is 171 Å². The second-order valence-corrected chi connectivity index (χ2v) is 7.81. The third kappa shape index (κ3) is 5.29. The van der Waals surface area contributed by atoms with Crippen LogP contribution in [0.4, 0.5) is 5.00 Å². The van der Waals surface area contributed by atoms with Crippen molar-refractivity contribution in [2.75, 3.05) is 18.5 Å². The van der Waals surface area contributed by atoms with Gasteiger partial charge in [0, 0.05) is 12.4 Å². The van der Waals surface area contributed by atoms with Crippen molar-refractivity contribution in [2.45, 2.75) is 38.1 Å². The van der Waals surface area contributed by atoms with E-state index in [4.69, 9.17) is 9.47 Å². The largest absolute Gasteiger partial charge is 0.462 e. The van der Waals surface area contributed by atoms with Gasteiger partial charge in [0.25, 0.3) is 0 Å². The van der Waals surface area contributed by atoms with Crippen molar-refractivity contribution < 1.29 is 23.9 Å². The Bertz CT molecular complexity index is 854. The van der Waals surface area contributed by atoms with E-state index in [9.17, 15) is 14.4 Å². The molecule has 0 saturated carbocycles. The van der Waals surface area contributed by atoms with Crippen molar-refractivity contribution in [3.63, 3.8) is 0 Å². The number of thioether (sulfide) groups is 1. The van der Waals surface area contributed by atoms with Crippen LogP contribution in [0.3, 0.4) is 0 Å². The number of ether oxygens (including phenoxy) is 2. The highest BCUT2D eigenvalue weighted by Gasteiger charge is 2.28. The molecule has 1 N–H and O–H groups in total. The highest BCUT2D eigenvalue weighted by molar-refractivity contribution is 8.00. The van der Waals surface area contributed by atoms with Gasteiger partial charge in [-0.1, -0.05) is 11.8 Å². The number of esters is 2. The highest BCUT2D eigenvalue weighted by atomic mass is 32.2. The first-order chi connectivity index (χ1) is 13.4. The van der Waals surface area contributed by atoms with Crippen LogP contribution < -0.4 is 5.32 Å². The van der Waals surface area contributed by atoms with E-state index >= 15 is 0 Å². The fourth-order valence-corrected chi connectivity index (χ4v) is 4.03. The van der Waals surface area contributed by atoms with Gasteiger partial charge in [-0.25, -0.2) is 19.6 Å². The minimum absolute atomic E-state index is 0.163. The molecular formula is C18H21N3O5S2. The van der Waals surface area contributed by atoms with Gasteiger partial charge in [-0.05, 0) is 39.3 Å². The summed E-state index contributed by atoms with van der Waals surface area (Å²) in [6.07, 6.45) is 3.18. The second-order valence-electron chi connectivity index (χ2n) is 5.48. The molecule has 0 aliphatic carbocycles. The summed E-state index contributed by atoms with van der Waals surface area (Å²) in [6, 6.07) is 1.69. The van der Waals surface area contributed by atoms with Gasteiger partial charge in [-0.2, -0.15) is 0 Å². The fraction of sp³-hybridized carbons (Fsp3) is 0.389. The molecule has 8 nitrogen and oxygen atoms in total. The summed E-state index contributed by atoms with van der Waals surface area (Å²) >= 11 is 2.18. The molecule has 0 unspecified atom stereocenters. The maximum atomic E-state index is 12.6. The Kier molecular flexibility index (Phi) is 7.94. The molecule has 2 aromatic heterocycles. The molecule has 150 valence electrons. The van der Waals surface area contributed by atoms with E-state index in [0.717, 1.165) is 11.3 Å². The van der Waals surface area contributed by atoms with E-state index < -0.39 is 17.2 Å². The van der Waals surface area contributed by atoms with E-state index in [1.54, 1.807) is 46.2 Å². The lowest BCUT2D eigenvalue weighted by atomic mass is 10.1. The summed E-state index contributed by atoms with van der Waals surface area (Å²) in [5, 5.41) is 2.92. The smallest absolute Gasteiger partial charge is 0.348 e. The molecule has 28 heavy (non-hydrogen) atoms. The summed E-state index contributed by atoms with van der Waals surface area (Å²) in [4.78, 5) is 45.6. The van der Waals surface area contributed by atoms with Crippen LogP contribution >= 0.6 is 23.1 Å². The molecule has 0 bridgehead atoms. The number of rotatable bonds is 8. The van der Waals surface area contributed by atoms with Crippen molar-refractivity contribution in [1.82, 2.24) is 9.97 Å². The van der Waals surface area contributed by atoms with Gasteiger partial charge in [0.15, 0.2) is 5.16 Å². The normalized spacial score (nSPS) is 11.6. The van der Waals surface area contributed by atoms with Crippen LogP contribution in [0.5, 0.6) is 0 Å². The van der Waals surface area contributed by atoms with Crippen molar-refractivity contribution in [3.05, 3.63) is 34.5 Å². The average molecular weight is 424 g/mol. The number of carbonyl (C=O) groups is 3. The topological polar surface area (TPSA) is 107 Å². The maximum absolute atomic E-state index is 12.6. The molecule has 2 heterocycles. The lowest BCUT2D eigenvalue weighted by Crippen LogP contribution is -2.23. The maximum Gasteiger partial charge on any atom is 0.348 e. The number of hydrogen-bond acceptors (Lipinski definition) is 9. The summed E-state index contributed by atoms with van der Waals surface area (Å²) in [7, 11) is 0. The molecule has 0 fully saturated rings. The van der Waals surface area contributed by atoms with Crippen molar-refractivity contribution in [3.8, 4) is 0 Å². The molecule has 2 aromatic rings. The third-order valence-electron chi connectivity index (χ3n) is 3.52. The minimum atomic E-state index is -0.603. The number of hydrogen-bond donors (Lipinski definition) is 1. The second kappa shape index (κ2) is 10.2. The number of nitrogens with one attached hydrogen (secondary N) is 1. The predicted octanol–water partition coefficient (Wildman–Crippen LogP) is 3.32. The molecular weight excluding hydrogens is 402 g/mol. The molecule has 0 aromatic carbocycles. The Balaban J connectivity index is 2.26. The monoisotopic (exact) mass is 423 g/mol. The zero-order chi connectivity index (χ0) is 20.7. The number of anilines is 1. The summed E-state index contributed by atoms with van der Waals surface area (Å²) < 4.78 is 10.1. The first-order valence-electron chi connectivity index (χ1n) is 8.61. The SMILES string of the molecule is CCOC(=O)c1sc(NC(=O)[C@H](C)Sc2ncccn2)c(C(=O)OCC)c1C. The Morgan fingerprint density at radius 1 is 1.14 bits per heavy atom. The van der Waals surface area contributed by atoms with E-state index in [1.165, 1.54) is 11.8 Å². The van der Waals surface area contributed by atoms with Gasteiger partial charge in [0.05, 0.1) is 24.0 Å². The van der Waals surface area contributed by atoms with E-state index in [0.29, 0.717) is 10.7 Å². The van der Waals surface area contributed by atoms with Gasteiger partial charge in [0.1, 0.15) is 9.88 Å². The highest BCUT2D eigenvalue weighted by Crippen LogP contribution is 2.35. The number of carbonyl (C=O) groups excluding carboxylic acids is 3. The quantitative estimate of drug-likeness (QED) is 0.391. The van der Waals surface area contributed by atoms with Crippen LogP contribution in [0.15, 0.2) is 23.6 Å². The molecule has 1 amide bonds. The van der Waals surface area contributed by atoms with Crippen molar-refractivity contribution in [2.24, 2.45) is 0 Å². The molecule has 1 atom stereocenters. The van der Waals surface area contributed by atoms with Crippen LogP contribution in [-0.4, -0.2) is 46.3 Å². The predicted molar refractivity (Wildman–Crippen MR) is 107 cm³/mol. The van der Waals surface area contributed by atoms with Crippen LogP contribution in [0.2, 0.25) is 0 Å². The Morgan fingerprint density at radius 3 is 2.36 bits per heavy atom. The van der Waals surface area contributed by atoms with Crippen LogP contribution in [-0.2, 0) is 14.3 Å². The number of amides is 1. The molecule has 10 heteroatoms. The summed E-state index contributed by atoms with van der Waals surface area (Å²) in [5.74, 6) is -1.50. The average Bonchev–Trinajstić information content (AvgIpc) is 2.99. The van der Waals surface area contributed by atoms with Gasteiger partial charge in [-0.3, -0.25) is 4.79 Å². The van der Waals surface area contributed by atoms with Crippen LogP contribution in [0.25, 0.3) is 0 Å². The standard InChI is InChI=1S/C18H21N3O5S2/c1-5-25-16(23)12-10(3)13(17(24)26-6-2)28-15(12)21-14(22)11(4)27-18-19-8-7-9-20-18/h7-9,11H,5-6H2,1-4H3,(H,21,22)/t11-/m0/s1. The van der Waals surface area contributed by atoms with Crippen molar-refractivity contribution >= 4 is 45.9 Å². The van der Waals surface area contributed by atoms with Gasteiger partial charge >= 0.3 is 11.9 Å². The zero-order valence-corrected chi connectivity index (χ0v) is 17.6. The van der Waals surface area contributed by atoms with Crippen LogP contribution in [0.1, 0.15) is 46.4 Å². The molecule has 0 spiro atoms. The van der Waals surface area contributed by atoms with Crippen molar-refractivity contribution in [1.29, 1.82) is 0 Å². The Morgan fingerprint density at radius 2 is 1.75 bits per heavy atom. The number of aromatic nitrogens is 2. The molecule has 0 aliphatic heterocycles. The van der Waals surface area contributed by atoms with E-state index in [2.05, 4.69) is 15.3 Å². The first-order valence-corrected chi connectivity index (χ1v) is 10.3. The lowest BCUT2D eigenvalue weighted by Gasteiger charge is -2.11. The van der Waals surface area contributed by atoms with Crippen LogP contribution in [0, 0.1) is 6.92 Å². The van der Waals surface area contributed by atoms with Gasteiger partial charge in [0.2, 0.25) is 5.91 Å².